The standard InChI is InChI=1S/C26H31ClN6O2S2/c1-5-25(28,6-2)21(34)32-23-30-17-16(27)18-20(15(19(17)36-23)14-12-10-9-11-13-14)37-24(31-18)33-22(35)26(29,7-3)8-4/h9-13H,5-8,28-29H2,1-4H3,(H,30,32,34)(H,31,33,35). The lowest BCUT2D eigenvalue weighted by Gasteiger charge is -2.24. The summed E-state index contributed by atoms with van der Waals surface area (Å²) < 4.78 is 1.62. The third-order valence-corrected chi connectivity index (χ3v) is 9.39. The fourth-order valence-corrected chi connectivity index (χ4v) is 6.58. The Labute approximate surface area is 228 Å². The number of nitrogens with zero attached hydrogens (tertiary/aromatic N) is 2. The van der Waals surface area contributed by atoms with Crippen LogP contribution in [0.25, 0.3) is 31.6 Å². The van der Waals surface area contributed by atoms with Crippen molar-refractivity contribution in [3.8, 4) is 11.1 Å². The van der Waals surface area contributed by atoms with Crippen molar-refractivity contribution in [3.63, 3.8) is 0 Å². The van der Waals surface area contributed by atoms with Crippen LogP contribution in [0.15, 0.2) is 30.3 Å². The molecule has 37 heavy (non-hydrogen) atoms. The van der Waals surface area contributed by atoms with Crippen molar-refractivity contribution < 1.29 is 9.59 Å². The molecular weight excluding hydrogens is 528 g/mol. The van der Waals surface area contributed by atoms with E-state index in [4.69, 9.17) is 23.1 Å². The minimum atomic E-state index is -0.978. The van der Waals surface area contributed by atoms with Gasteiger partial charge in [0.1, 0.15) is 11.0 Å². The number of amides is 2. The summed E-state index contributed by atoms with van der Waals surface area (Å²) in [7, 11) is 0. The Morgan fingerprint density at radius 3 is 1.59 bits per heavy atom. The number of carbonyl (C=O) groups excluding carboxylic acids is 2. The number of aromatic nitrogens is 2. The minimum Gasteiger partial charge on any atom is -0.317 e. The summed E-state index contributed by atoms with van der Waals surface area (Å²) in [6.45, 7) is 7.55. The highest BCUT2D eigenvalue weighted by Gasteiger charge is 2.32. The summed E-state index contributed by atoms with van der Waals surface area (Å²) in [5.41, 5.74) is 13.5. The smallest absolute Gasteiger partial charge is 0.246 e. The van der Waals surface area contributed by atoms with Gasteiger partial charge < -0.3 is 22.1 Å². The Bertz CT molecular complexity index is 1370. The molecule has 2 aromatic carbocycles. The van der Waals surface area contributed by atoms with Crippen molar-refractivity contribution in [1.29, 1.82) is 0 Å². The molecule has 4 aromatic rings. The van der Waals surface area contributed by atoms with Gasteiger partial charge in [0.2, 0.25) is 11.8 Å². The van der Waals surface area contributed by atoms with Crippen LogP contribution in [-0.2, 0) is 9.59 Å². The Morgan fingerprint density at radius 1 is 0.811 bits per heavy atom. The topological polar surface area (TPSA) is 136 Å². The van der Waals surface area contributed by atoms with Gasteiger partial charge in [-0.2, -0.15) is 0 Å². The number of anilines is 2. The van der Waals surface area contributed by atoms with Crippen molar-refractivity contribution in [2.45, 2.75) is 64.5 Å². The van der Waals surface area contributed by atoms with Crippen LogP contribution in [0.5, 0.6) is 0 Å². The molecule has 2 heterocycles. The number of thiazole rings is 2. The molecule has 0 radical (unpaired) electrons. The van der Waals surface area contributed by atoms with E-state index in [0.29, 0.717) is 52.0 Å². The molecule has 0 unspecified atom stereocenters. The van der Waals surface area contributed by atoms with Crippen LogP contribution < -0.4 is 22.1 Å². The van der Waals surface area contributed by atoms with Gasteiger partial charge in [0.15, 0.2) is 10.3 Å². The first kappa shape index (κ1) is 27.4. The van der Waals surface area contributed by atoms with Crippen LogP contribution >= 0.6 is 34.3 Å². The highest BCUT2D eigenvalue weighted by Crippen LogP contribution is 2.47. The number of nitrogens with two attached hydrogens (primary N) is 2. The summed E-state index contributed by atoms with van der Waals surface area (Å²) in [4.78, 5) is 35.1. The normalized spacial score (nSPS) is 12.3. The Hall–Kier alpha value is -2.63. The molecule has 2 amide bonds. The van der Waals surface area contributed by atoms with Crippen LogP contribution in [0.2, 0.25) is 5.02 Å². The largest absolute Gasteiger partial charge is 0.317 e. The van der Waals surface area contributed by atoms with Crippen LogP contribution in [0, 0.1) is 0 Å². The second-order valence-electron chi connectivity index (χ2n) is 9.08. The van der Waals surface area contributed by atoms with E-state index >= 15 is 0 Å². The van der Waals surface area contributed by atoms with Crippen LogP contribution in [0.1, 0.15) is 53.4 Å². The van der Waals surface area contributed by atoms with E-state index < -0.39 is 11.1 Å². The fourth-order valence-electron chi connectivity index (χ4n) is 4.05. The first-order chi connectivity index (χ1) is 17.6. The van der Waals surface area contributed by atoms with Crippen molar-refractivity contribution >= 4 is 76.8 Å². The van der Waals surface area contributed by atoms with E-state index in [9.17, 15) is 9.59 Å². The maximum atomic E-state index is 12.9. The number of carbonyl (C=O) groups is 2. The second kappa shape index (κ2) is 10.6. The average molecular weight is 559 g/mol. The van der Waals surface area contributed by atoms with Crippen LogP contribution in [0.3, 0.4) is 0 Å². The molecule has 0 atom stereocenters. The van der Waals surface area contributed by atoms with Gasteiger partial charge >= 0.3 is 0 Å². The quantitative estimate of drug-likeness (QED) is 0.195. The summed E-state index contributed by atoms with van der Waals surface area (Å²) in [6, 6.07) is 9.83. The van der Waals surface area contributed by atoms with Crippen molar-refractivity contribution in [3.05, 3.63) is 35.4 Å². The monoisotopic (exact) mass is 558 g/mol. The molecule has 196 valence electrons. The van der Waals surface area contributed by atoms with Gasteiger partial charge in [-0.15, -0.1) is 0 Å². The lowest BCUT2D eigenvalue weighted by Crippen LogP contribution is -2.50. The molecule has 0 aliphatic rings. The molecular formula is C26H31ClN6O2S2. The van der Waals surface area contributed by atoms with Gasteiger partial charge in [-0.1, -0.05) is 92.3 Å². The molecule has 0 aliphatic carbocycles. The Morgan fingerprint density at radius 2 is 1.22 bits per heavy atom. The van der Waals surface area contributed by atoms with E-state index in [-0.39, 0.29) is 11.8 Å². The van der Waals surface area contributed by atoms with E-state index in [0.717, 1.165) is 20.5 Å². The summed E-state index contributed by atoms with van der Waals surface area (Å²) in [6.07, 6.45) is 2.02. The molecule has 0 bridgehead atoms. The number of benzene rings is 2. The van der Waals surface area contributed by atoms with E-state index in [1.807, 2.05) is 58.0 Å². The number of rotatable bonds is 9. The van der Waals surface area contributed by atoms with Crippen LogP contribution in [0.4, 0.5) is 10.3 Å². The fraction of sp³-hybridized carbons (Fsp3) is 0.385. The molecule has 11 heteroatoms. The lowest BCUT2D eigenvalue weighted by molar-refractivity contribution is -0.122. The predicted octanol–water partition coefficient (Wildman–Crippen LogP) is 6.14. The maximum absolute atomic E-state index is 12.9. The molecule has 0 fully saturated rings. The number of hydrogen-bond donors (Lipinski definition) is 4. The van der Waals surface area contributed by atoms with Crippen molar-refractivity contribution in [2.24, 2.45) is 11.5 Å². The number of fused-ring (bicyclic) bond motifs is 2. The third kappa shape index (κ3) is 4.96. The zero-order valence-corrected chi connectivity index (χ0v) is 23.7. The summed E-state index contributed by atoms with van der Waals surface area (Å²) in [5, 5.41) is 6.97. The first-order valence-corrected chi connectivity index (χ1v) is 14.3. The minimum absolute atomic E-state index is 0.281. The molecule has 0 spiro atoms. The molecule has 8 nitrogen and oxygen atoms in total. The number of nitrogens with one attached hydrogen (secondary N) is 2. The zero-order chi connectivity index (χ0) is 27.0. The molecule has 4 rings (SSSR count). The zero-order valence-electron chi connectivity index (χ0n) is 21.3. The molecule has 0 saturated heterocycles. The average Bonchev–Trinajstić information content (AvgIpc) is 3.52. The molecule has 0 saturated carbocycles. The van der Waals surface area contributed by atoms with Gasteiger partial charge in [0.25, 0.3) is 0 Å². The highest BCUT2D eigenvalue weighted by molar-refractivity contribution is 7.25. The molecule has 0 aliphatic heterocycles. The van der Waals surface area contributed by atoms with Crippen molar-refractivity contribution in [2.75, 3.05) is 10.6 Å². The number of halogens is 1. The van der Waals surface area contributed by atoms with Gasteiger partial charge in [-0.25, -0.2) is 9.97 Å². The Balaban J connectivity index is 1.87. The second-order valence-corrected chi connectivity index (χ2v) is 11.5. The summed E-state index contributed by atoms with van der Waals surface area (Å²) >= 11 is 9.51. The van der Waals surface area contributed by atoms with E-state index in [1.165, 1.54) is 22.7 Å². The Kier molecular flexibility index (Phi) is 7.87. The van der Waals surface area contributed by atoms with E-state index in [2.05, 4.69) is 20.6 Å². The van der Waals surface area contributed by atoms with Gasteiger partial charge in [-0.3, -0.25) is 9.59 Å². The number of hydrogen-bond acceptors (Lipinski definition) is 8. The predicted molar refractivity (Wildman–Crippen MR) is 156 cm³/mol. The third-order valence-electron chi connectivity index (χ3n) is 7.06. The molecule has 2 aromatic heterocycles. The van der Waals surface area contributed by atoms with Crippen LogP contribution in [-0.4, -0.2) is 32.9 Å². The maximum Gasteiger partial charge on any atom is 0.246 e. The van der Waals surface area contributed by atoms with Gasteiger partial charge in [0, 0.05) is 5.56 Å². The SMILES string of the molecule is CCC(N)(CC)C(=O)Nc1nc2c(Cl)c3nc(NC(=O)C(N)(CC)CC)sc3c(-c3ccccc3)c2s1. The lowest BCUT2D eigenvalue weighted by atomic mass is 9.93. The first-order valence-electron chi connectivity index (χ1n) is 12.3. The van der Waals surface area contributed by atoms with Gasteiger partial charge in [-0.05, 0) is 31.2 Å². The highest BCUT2D eigenvalue weighted by atomic mass is 35.5. The molecule has 6 N–H and O–H groups in total. The summed E-state index contributed by atoms with van der Waals surface area (Å²) in [5.74, 6) is -0.563. The van der Waals surface area contributed by atoms with Crippen molar-refractivity contribution in [1.82, 2.24) is 9.97 Å². The van der Waals surface area contributed by atoms with Gasteiger partial charge in [0.05, 0.1) is 25.5 Å². The van der Waals surface area contributed by atoms with E-state index in [1.54, 1.807) is 0 Å².